The third kappa shape index (κ3) is 4.37. The van der Waals surface area contributed by atoms with Gasteiger partial charge in [0.1, 0.15) is 5.82 Å². The maximum Gasteiger partial charge on any atom is 0.222 e. The zero-order valence-corrected chi connectivity index (χ0v) is 13.8. The van der Waals surface area contributed by atoms with Crippen LogP contribution in [0.1, 0.15) is 19.3 Å². The van der Waals surface area contributed by atoms with E-state index in [1.165, 1.54) is 16.9 Å². The number of hydrogen-bond acceptors (Lipinski definition) is 6. The lowest BCUT2D eigenvalue weighted by Gasteiger charge is -2.34. The third-order valence-electron chi connectivity index (χ3n) is 4.29. The van der Waals surface area contributed by atoms with Crippen molar-refractivity contribution >= 4 is 5.91 Å². The van der Waals surface area contributed by atoms with Gasteiger partial charge in [-0.1, -0.05) is 0 Å². The number of carbonyl (C=O) groups is 1. The summed E-state index contributed by atoms with van der Waals surface area (Å²) in [7, 11) is 0. The Labute approximate surface area is 144 Å². The highest BCUT2D eigenvalue weighted by Crippen LogP contribution is 2.14. The maximum atomic E-state index is 12.9. The molecule has 1 fully saturated rings. The second-order valence-electron chi connectivity index (χ2n) is 6.18. The number of carbonyl (C=O) groups excluding carboxylic acids is 1. The predicted molar refractivity (Wildman–Crippen MR) is 87.6 cm³/mol. The first kappa shape index (κ1) is 17.4. The fraction of sp³-hybridized carbons (Fsp3) is 0.500. The van der Waals surface area contributed by atoms with E-state index in [0.717, 1.165) is 0 Å². The minimum atomic E-state index is -0.659. The first-order chi connectivity index (χ1) is 12.0. The summed E-state index contributed by atoms with van der Waals surface area (Å²) in [5.41, 5.74) is 6.42. The fourth-order valence-corrected chi connectivity index (χ4v) is 2.76. The quantitative estimate of drug-likeness (QED) is 0.798. The third-order valence-corrected chi connectivity index (χ3v) is 4.29. The van der Waals surface area contributed by atoms with Crippen molar-refractivity contribution in [3.63, 3.8) is 0 Å². The smallest absolute Gasteiger partial charge is 0.222 e. The highest BCUT2D eigenvalue weighted by molar-refractivity contribution is 5.76. The molecule has 0 spiro atoms. The molecule has 1 aliphatic rings. The van der Waals surface area contributed by atoms with E-state index in [-0.39, 0.29) is 24.3 Å². The van der Waals surface area contributed by atoms with E-state index in [1.54, 1.807) is 17.0 Å². The van der Waals surface area contributed by atoms with Crippen LogP contribution in [-0.2, 0) is 11.3 Å². The lowest BCUT2D eigenvalue weighted by molar-refractivity contribution is -0.134. The molecule has 3 N–H and O–H groups in total. The van der Waals surface area contributed by atoms with Crippen LogP contribution in [0.3, 0.4) is 0 Å². The van der Waals surface area contributed by atoms with Crippen molar-refractivity contribution in [2.45, 2.75) is 38.0 Å². The summed E-state index contributed by atoms with van der Waals surface area (Å²) in [6.45, 7) is 1.32. The maximum absolute atomic E-state index is 12.9. The van der Waals surface area contributed by atoms with Crippen molar-refractivity contribution in [2.75, 3.05) is 13.1 Å². The lowest BCUT2D eigenvalue weighted by Crippen LogP contribution is -2.52. The predicted octanol–water partition coefficient (Wildman–Crippen LogP) is 0.180. The number of benzene rings is 1. The Kier molecular flexibility index (Phi) is 5.34. The molecular formula is C16H21FN6O2. The SMILES string of the molecule is N[C@@H]1CCN(C(=O)CCCn2nnc(-c3ccc(F)cc3)n2)C[C@H]1O. The number of aromatic nitrogens is 4. The molecule has 0 saturated carbocycles. The average molecular weight is 348 g/mol. The number of β-amino-alcohol motifs (C(OH)–C–C–N with tert-alkyl or cyclic N) is 1. The van der Waals surface area contributed by atoms with Gasteiger partial charge in [0.25, 0.3) is 0 Å². The van der Waals surface area contributed by atoms with Crippen LogP contribution in [0.2, 0.25) is 0 Å². The van der Waals surface area contributed by atoms with Crippen LogP contribution in [0.25, 0.3) is 11.4 Å². The normalized spacial score (nSPS) is 20.7. The molecule has 3 rings (SSSR count). The summed E-state index contributed by atoms with van der Waals surface area (Å²) in [5.74, 6) is 0.0859. The van der Waals surface area contributed by atoms with Crippen molar-refractivity contribution in [3.8, 4) is 11.4 Å². The van der Waals surface area contributed by atoms with Crippen LogP contribution in [0.15, 0.2) is 24.3 Å². The van der Waals surface area contributed by atoms with Crippen LogP contribution in [0.4, 0.5) is 4.39 Å². The van der Waals surface area contributed by atoms with Crippen LogP contribution in [0, 0.1) is 5.82 Å². The van der Waals surface area contributed by atoms with Gasteiger partial charge in [-0.25, -0.2) is 4.39 Å². The monoisotopic (exact) mass is 348 g/mol. The number of piperidine rings is 1. The van der Waals surface area contributed by atoms with Gasteiger partial charge in [-0.15, -0.1) is 10.2 Å². The molecule has 8 nitrogen and oxygen atoms in total. The van der Waals surface area contributed by atoms with Gasteiger partial charge >= 0.3 is 0 Å². The molecule has 134 valence electrons. The van der Waals surface area contributed by atoms with Gasteiger partial charge in [-0.2, -0.15) is 4.80 Å². The zero-order valence-electron chi connectivity index (χ0n) is 13.8. The zero-order chi connectivity index (χ0) is 17.8. The molecule has 1 aliphatic heterocycles. The van der Waals surface area contributed by atoms with Gasteiger partial charge in [0.15, 0.2) is 0 Å². The van der Waals surface area contributed by atoms with Gasteiger partial charge in [0, 0.05) is 31.1 Å². The molecule has 2 heterocycles. The fourth-order valence-electron chi connectivity index (χ4n) is 2.76. The Morgan fingerprint density at radius 1 is 1.36 bits per heavy atom. The Morgan fingerprint density at radius 2 is 2.12 bits per heavy atom. The molecule has 1 aromatic carbocycles. The summed E-state index contributed by atoms with van der Waals surface area (Å²) >= 11 is 0. The van der Waals surface area contributed by atoms with Crippen molar-refractivity contribution in [3.05, 3.63) is 30.1 Å². The van der Waals surface area contributed by atoms with Crippen molar-refractivity contribution in [2.24, 2.45) is 5.73 Å². The van der Waals surface area contributed by atoms with Gasteiger partial charge < -0.3 is 15.7 Å². The molecule has 1 aromatic heterocycles. The first-order valence-corrected chi connectivity index (χ1v) is 8.28. The van der Waals surface area contributed by atoms with E-state index in [0.29, 0.717) is 43.7 Å². The molecule has 2 atom stereocenters. The number of tetrazole rings is 1. The van der Waals surface area contributed by atoms with E-state index >= 15 is 0 Å². The van der Waals surface area contributed by atoms with Gasteiger partial charge in [-0.3, -0.25) is 4.79 Å². The first-order valence-electron chi connectivity index (χ1n) is 8.28. The molecule has 2 aromatic rings. The van der Waals surface area contributed by atoms with E-state index < -0.39 is 6.10 Å². The summed E-state index contributed by atoms with van der Waals surface area (Å²) < 4.78 is 12.9. The molecular weight excluding hydrogens is 327 g/mol. The van der Waals surface area contributed by atoms with E-state index in [4.69, 9.17) is 5.73 Å². The molecule has 0 radical (unpaired) electrons. The molecule has 1 amide bonds. The summed E-state index contributed by atoms with van der Waals surface area (Å²) in [4.78, 5) is 15.2. The van der Waals surface area contributed by atoms with Crippen LogP contribution >= 0.6 is 0 Å². The van der Waals surface area contributed by atoms with Gasteiger partial charge in [0.05, 0.1) is 12.6 Å². The number of nitrogens with zero attached hydrogens (tertiary/aromatic N) is 5. The molecule has 1 saturated heterocycles. The van der Waals surface area contributed by atoms with Gasteiger partial charge in [0.2, 0.25) is 11.7 Å². The number of aryl methyl sites for hydroxylation is 1. The number of likely N-dealkylation sites (tertiary alicyclic amines) is 1. The van der Waals surface area contributed by atoms with E-state index in [9.17, 15) is 14.3 Å². The minimum absolute atomic E-state index is 0.00942. The van der Waals surface area contributed by atoms with E-state index in [1.807, 2.05) is 0 Å². The number of rotatable bonds is 5. The Balaban J connectivity index is 1.48. The summed E-state index contributed by atoms with van der Waals surface area (Å²) in [5, 5.41) is 21.9. The number of halogens is 1. The Morgan fingerprint density at radius 3 is 2.84 bits per heavy atom. The van der Waals surface area contributed by atoms with Crippen molar-refractivity contribution in [1.82, 2.24) is 25.1 Å². The van der Waals surface area contributed by atoms with Crippen LogP contribution in [0.5, 0.6) is 0 Å². The highest BCUT2D eigenvalue weighted by atomic mass is 19.1. The summed E-state index contributed by atoms with van der Waals surface area (Å²) in [6, 6.07) is 5.61. The van der Waals surface area contributed by atoms with Crippen LogP contribution in [-0.4, -0.2) is 61.4 Å². The topological polar surface area (TPSA) is 110 Å². The Hall–Kier alpha value is -2.39. The number of aliphatic hydroxyl groups excluding tert-OH is 1. The Bertz CT molecular complexity index is 720. The molecule has 0 unspecified atom stereocenters. The largest absolute Gasteiger partial charge is 0.390 e. The summed E-state index contributed by atoms with van der Waals surface area (Å²) in [6.07, 6.45) is 0.859. The molecule has 0 bridgehead atoms. The number of aliphatic hydroxyl groups is 1. The van der Waals surface area contributed by atoms with Crippen molar-refractivity contribution in [1.29, 1.82) is 0 Å². The van der Waals surface area contributed by atoms with Crippen LogP contribution < -0.4 is 5.73 Å². The highest BCUT2D eigenvalue weighted by Gasteiger charge is 2.27. The lowest BCUT2D eigenvalue weighted by atomic mass is 10.0. The second-order valence-corrected chi connectivity index (χ2v) is 6.18. The van der Waals surface area contributed by atoms with E-state index in [2.05, 4.69) is 15.4 Å². The molecule has 0 aliphatic carbocycles. The molecule has 9 heteroatoms. The standard InChI is InChI=1S/C16H21FN6O2/c17-12-5-3-11(4-6-12)16-19-21-23(20-16)8-1-2-15(25)22-9-7-13(18)14(24)10-22/h3-6,13-14,24H,1-2,7-10,18H2/t13-,14-/m1/s1. The van der Waals surface area contributed by atoms with Gasteiger partial charge in [-0.05, 0) is 42.3 Å². The average Bonchev–Trinajstić information content (AvgIpc) is 3.06. The number of hydrogen-bond donors (Lipinski definition) is 2. The van der Waals surface area contributed by atoms with Crippen molar-refractivity contribution < 1.29 is 14.3 Å². The number of amides is 1. The number of nitrogens with two attached hydrogens (primary N) is 1. The minimum Gasteiger partial charge on any atom is -0.390 e. The molecule has 25 heavy (non-hydrogen) atoms. The second kappa shape index (κ2) is 7.66.